The highest BCUT2D eigenvalue weighted by atomic mass is 19.1. The van der Waals surface area contributed by atoms with Gasteiger partial charge in [0.2, 0.25) is 5.82 Å². The number of carbonyl (C=O) groups is 1. The van der Waals surface area contributed by atoms with Crippen molar-refractivity contribution in [2.75, 3.05) is 30.4 Å². The smallest absolute Gasteiger partial charge is 0.312 e. The number of nitro groups is 1. The molecule has 0 unspecified atom stereocenters. The molecule has 1 aromatic heterocycles. The van der Waals surface area contributed by atoms with Gasteiger partial charge in [-0.3, -0.25) is 14.9 Å². The number of alkyl halides is 1. The number of rotatable bonds is 5. The molecule has 1 aliphatic carbocycles. The third kappa shape index (κ3) is 4.28. The Kier molecular flexibility index (Phi) is 5.76. The fourth-order valence-corrected chi connectivity index (χ4v) is 3.80. The standard InChI is InChI=1S/C18H26FN5O3/c1-11-3-5-13(6-4-11)21-18(25)14-9-15(24(26)27)16(20-2)22-17(14)23-8-7-12(19)10-23/h9,11-13H,3-8,10H2,1-2H3,(H,20,22)(H,21,25)/t11?,12-,13?/m1/s1. The second-order valence-electron chi connectivity index (χ2n) is 7.50. The molecule has 1 aliphatic heterocycles. The lowest BCUT2D eigenvalue weighted by atomic mass is 9.87. The molecule has 1 atom stereocenters. The van der Waals surface area contributed by atoms with Crippen molar-refractivity contribution in [3.05, 3.63) is 21.7 Å². The van der Waals surface area contributed by atoms with Gasteiger partial charge >= 0.3 is 5.69 Å². The van der Waals surface area contributed by atoms with E-state index in [1.54, 1.807) is 4.90 Å². The largest absolute Gasteiger partial charge is 0.367 e. The van der Waals surface area contributed by atoms with Crippen LogP contribution in [0.1, 0.15) is 49.4 Å². The van der Waals surface area contributed by atoms with E-state index in [9.17, 15) is 19.3 Å². The number of hydrogen-bond donors (Lipinski definition) is 2. The number of halogens is 1. The molecular weight excluding hydrogens is 353 g/mol. The Hall–Kier alpha value is -2.45. The van der Waals surface area contributed by atoms with Crippen molar-refractivity contribution in [2.45, 2.75) is 51.2 Å². The number of amides is 1. The first-order valence-corrected chi connectivity index (χ1v) is 9.46. The maximum Gasteiger partial charge on any atom is 0.312 e. The topological polar surface area (TPSA) is 100 Å². The predicted octanol–water partition coefficient (Wildman–Crippen LogP) is 2.89. The Morgan fingerprint density at radius 3 is 2.59 bits per heavy atom. The van der Waals surface area contributed by atoms with Gasteiger partial charge in [-0.25, -0.2) is 9.37 Å². The lowest BCUT2D eigenvalue weighted by Crippen LogP contribution is -2.38. The summed E-state index contributed by atoms with van der Waals surface area (Å²) in [6, 6.07) is 1.30. The Bertz CT molecular complexity index is 721. The van der Waals surface area contributed by atoms with Gasteiger partial charge in [0, 0.05) is 25.7 Å². The van der Waals surface area contributed by atoms with Crippen LogP contribution in [-0.4, -0.2) is 48.2 Å². The second-order valence-corrected chi connectivity index (χ2v) is 7.50. The summed E-state index contributed by atoms with van der Waals surface area (Å²) in [4.78, 5) is 29.7. The molecule has 1 aromatic rings. The third-order valence-electron chi connectivity index (χ3n) is 5.44. The highest BCUT2D eigenvalue weighted by molar-refractivity contribution is 6.00. The molecule has 0 bridgehead atoms. The lowest BCUT2D eigenvalue weighted by molar-refractivity contribution is -0.384. The number of carbonyl (C=O) groups excluding carboxylic acids is 1. The van der Waals surface area contributed by atoms with Crippen LogP contribution in [-0.2, 0) is 0 Å². The molecule has 0 aromatic carbocycles. The zero-order chi connectivity index (χ0) is 19.6. The number of nitrogens with one attached hydrogen (secondary N) is 2. The van der Waals surface area contributed by atoms with Gasteiger partial charge in [0.25, 0.3) is 5.91 Å². The summed E-state index contributed by atoms with van der Waals surface area (Å²) in [5.41, 5.74) is -0.131. The average molecular weight is 379 g/mol. The van der Waals surface area contributed by atoms with E-state index in [1.165, 1.54) is 13.1 Å². The molecule has 2 fully saturated rings. The molecule has 1 saturated heterocycles. The monoisotopic (exact) mass is 379 g/mol. The number of anilines is 2. The molecule has 3 rings (SSSR count). The van der Waals surface area contributed by atoms with Crippen molar-refractivity contribution >= 4 is 23.2 Å². The van der Waals surface area contributed by atoms with E-state index < -0.39 is 11.1 Å². The van der Waals surface area contributed by atoms with E-state index in [0.717, 1.165) is 25.7 Å². The number of pyridine rings is 1. The van der Waals surface area contributed by atoms with Gasteiger partial charge in [-0.15, -0.1) is 0 Å². The van der Waals surface area contributed by atoms with Crippen LogP contribution in [0.5, 0.6) is 0 Å². The van der Waals surface area contributed by atoms with E-state index in [0.29, 0.717) is 24.7 Å². The third-order valence-corrected chi connectivity index (χ3v) is 5.44. The maximum atomic E-state index is 13.7. The van der Waals surface area contributed by atoms with E-state index in [1.807, 2.05) is 0 Å². The first-order chi connectivity index (χ1) is 12.9. The van der Waals surface area contributed by atoms with Crippen molar-refractivity contribution in [3.8, 4) is 0 Å². The van der Waals surface area contributed by atoms with Gasteiger partial charge in [-0.2, -0.15) is 0 Å². The van der Waals surface area contributed by atoms with Gasteiger partial charge in [-0.05, 0) is 38.0 Å². The van der Waals surface area contributed by atoms with Crippen molar-refractivity contribution in [3.63, 3.8) is 0 Å². The Labute approximate surface area is 157 Å². The molecule has 0 radical (unpaired) electrons. The van der Waals surface area contributed by atoms with Crippen LogP contribution in [0.2, 0.25) is 0 Å². The van der Waals surface area contributed by atoms with E-state index >= 15 is 0 Å². The van der Waals surface area contributed by atoms with E-state index in [-0.39, 0.29) is 35.6 Å². The molecule has 8 nitrogen and oxygen atoms in total. The minimum Gasteiger partial charge on any atom is -0.367 e. The van der Waals surface area contributed by atoms with Crippen LogP contribution in [0.15, 0.2) is 6.07 Å². The fraction of sp³-hybridized carbons (Fsp3) is 0.667. The summed E-state index contributed by atoms with van der Waals surface area (Å²) in [6.07, 6.45) is 3.24. The van der Waals surface area contributed by atoms with Crippen molar-refractivity contribution in [1.82, 2.24) is 10.3 Å². The van der Waals surface area contributed by atoms with E-state index in [4.69, 9.17) is 0 Å². The van der Waals surface area contributed by atoms with Crippen LogP contribution >= 0.6 is 0 Å². The maximum absolute atomic E-state index is 13.7. The molecule has 9 heteroatoms. The fourth-order valence-electron chi connectivity index (χ4n) is 3.80. The average Bonchev–Trinajstić information content (AvgIpc) is 3.08. The SMILES string of the molecule is CNc1nc(N2CC[C@@H](F)C2)c(C(=O)NC2CCC(C)CC2)cc1[N+](=O)[O-]. The Balaban J connectivity index is 1.91. The van der Waals surface area contributed by atoms with Gasteiger partial charge in [0.05, 0.1) is 17.0 Å². The van der Waals surface area contributed by atoms with E-state index in [2.05, 4.69) is 22.5 Å². The molecule has 2 N–H and O–H groups in total. The molecular formula is C18H26FN5O3. The Morgan fingerprint density at radius 2 is 2.04 bits per heavy atom. The van der Waals surface area contributed by atoms with Crippen LogP contribution in [0, 0.1) is 16.0 Å². The zero-order valence-corrected chi connectivity index (χ0v) is 15.7. The molecule has 27 heavy (non-hydrogen) atoms. The quantitative estimate of drug-likeness (QED) is 0.603. The predicted molar refractivity (Wildman–Crippen MR) is 101 cm³/mol. The number of nitrogens with zero attached hydrogens (tertiary/aromatic N) is 3. The molecule has 2 aliphatic rings. The van der Waals surface area contributed by atoms with Crippen LogP contribution < -0.4 is 15.5 Å². The van der Waals surface area contributed by atoms with Gasteiger partial charge in [-0.1, -0.05) is 6.92 Å². The summed E-state index contributed by atoms with van der Waals surface area (Å²) < 4.78 is 13.7. The van der Waals surface area contributed by atoms with Gasteiger partial charge in [0.15, 0.2) is 0 Å². The summed E-state index contributed by atoms with van der Waals surface area (Å²) in [6.45, 7) is 2.76. The summed E-state index contributed by atoms with van der Waals surface area (Å²) in [5.74, 6) is 0.634. The number of hydrogen-bond acceptors (Lipinski definition) is 6. The van der Waals surface area contributed by atoms with Gasteiger partial charge in [0.1, 0.15) is 12.0 Å². The summed E-state index contributed by atoms with van der Waals surface area (Å²) in [7, 11) is 1.53. The highest BCUT2D eigenvalue weighted by Gasteiger charge is 2.31. The molecule has 1 amide bonds. The molecule has 0 spiro atoms. The molecule has 2 heterocycles. The first kappa shape index (κ1) is 19.3. The molecule has 1 saturated carbocycles. The van der Waals surface area contributed by atoms with Crippen molar-refractivity contribution < 1.29 is 14.1 Å². The van der Waals surface area contributed by atoms with Gasteiger partial charge < -0.3 is 15.5 Å². The minimum absolute atomic E-state index is 0.0529. The highest BCUT2D eigenvalue weighted by Crippen LogP contribution is 2.32. The number of aromatic nitrogens is 1. The molecule has 148 valence electrons. The van der Waals surface area contributed by atoms with Crippen LogP contribution in [0.25, 0.3) is 0 Å². The minimum atomic E-state index is -0.990. The van der Waals surface area contributed by atoms with Crippen molar-refractivity contribution in [1.29, 1.82) is 0 Å². The van der Waals surface area contributed by atoms with Crippen LogP contribution in [0.4, 0.5) is 21.7 Å². The first-order valence-electron chi connectivity index (χ1n) is 9.46. The zero-order valence-electron chi connectivity index (χ0n) is 15.7. The van der Waals surface area contributed by atoms with Crippen molar-refractivity contribution in [2.24, 2.45) is 5.92 Å². The van der Waals surface area contributed by atoms with Crippen LogP contribution in [0.3, 0.4) is 0 Å². The normalized spacial score (nSPS) is 25.3. The Morgan fingerprint density at radius 1 is 1.33 bits per heavy atom. The summed E-state index contributed by atoms with van der Waals surface area (Å²) >= 11 is 0. The summed E-state index contributed by atoms with van der Waals surface area (Å²) in [5, 5.41) is 17.1. The second kappa shape index (κ2) is 8.06. The lowest BCUT2D eigenvalue weighted by Gasteiger charge is -2.27.